The molecule has 0 amide bonds. The molecule has 0 spiro atoms. The third kappa shape index (κ3) is 2.59. The summed E-state index contributed by atoms with van der Waals surface area (Å²) in [7, 11) is 0. The first-order valence-electron chi connectivity index (χ1n) is 4.80. The normalized spacial score (nSPS) is 10.6. The molecule has 0 atom stereocenters. The van der Waals surface area contributed by atoms with Crippen LogP contribution in [0.1, 0.15) is 11.3 Å². The summed E-state index contributed by atoms with van der Waals surface area (Å²) in [5.41, 5.74) is 1.32. The van der Waals surface area contributed by atoms with Crippen LogP contribution in [0.4, 0.5) is 4.39 Å². The summed E-state index contributed by atoms with van der Waals surface area (Å²) >= 11 is 5.66. The predicted molar refractivity (Wildman–Crippen MR) is 58.5 cm³/mol. The van der Waals surface area contributed by atoms with Crippen LogP contribution >= 0.6 is 11.6 Å². The number of nitrogens with one attached hydrogen (secondary N) is 1. The molecule has 2 aromatic rings. The number of nitrogens with zero attached hydrogens (tertiary/aromatic N) is 1. The third-order valence-corrected chi connectivity index (χ3v) is 2.44. The van der Waals surface area contributed by atoms with E-state index >= 15 is 0 Å². The van der Waals surface area contributed by atoms with E-state index in [0.717, 1.165) is 5.69 Å². The van der Waals surface area contributed by atoms with Crippen molar-refractivity contribution in [2.75, 3.05) is 0 Å². The monoisotopic (exact) mass is 240 g/mol. The molecule has 16 heavy (non-hydrogen) atoms. The standard InChI is InChI=1S/C11H10ClFN2O/c12-10-3-1-2-8(11(10)13)6-14-7-9-4-5-16-15-9/h1-5,14H,6-7H2. The summed E-state index contributed by atoms with van der Waals surface area (Å²) in [6.45, 7) is 0.932. The zero-order valence-corrected chi connectivity index (χ0v) is 9.17. The van der Waals surface area contributed by atoms with Crippen LogP contribution in [0.3, 0.4) is 0 Å². The smallest absolute Gasteiger partial charge is 0.146 e. The maximum Gasteiger partial charge on any atom is 0.146 e. The van der Waals surface area contributed by atoms with Gasteiger partial charge in [0.15, 0.2) is 0 Å². The van der Waals surface area contributed by atoms with E-state index in [1.54, 1.807) is 18.2 Å². The van der Waals surface area contributed by atoms with Crippen LogP contribution < -0.4 is 5.32 Å². The van der Waals surface area contributed by atoms with E-state index in [-0.39, 0.29) is 10.8 Å². The average Bonchev–Trinajstić information content (AvgIpc) is 2.77. The second kappa shape index (κ2) is 5.09. The second-order valence-electron chi connectivity index (χ2n) is 3.31. The Morgan fingerprint density at radius 2 is 2.19 bits per heavy atom. The molecule has 0 bridgehead atoms. The van der Waals surface area contributed by atoms with Crippen molar-refractivity contribution in [3.8, 4) is 0 Å². The number of aromatic nitrogens is 1. The Bertz CT molecular complexity index is 459. The van der Waals surface area contributed by atoms with Gasteiger partial charge >= 0.3 is 0 Å². The molecule has 0 saturated heterocycles. The Hall–Kier alpha value is -1.39. The molecule has 0 radical (unpaired) electrons. The fraction of sp³-hybridized carbons (Fsp3) is 0.182. The maximum absolute atomic E-state index is 13.5. The summed E-state index contributed by atoms with van der Waals surface area (Å²) in [6, 6.07) is 6.69. The molecule has 3 nitrogen and oxygen atoms in total. The van der Waals surface area contributed by atoms with Crippen molar-refractivity contribution in [2.24, 2.45) is 0 Å². The molecule has 0 aliphatic heterocycles. The van der Waals surface area contributed by atoms with Crippen molar-refractivity contribution in [3.63, 3.8) is 0 Å². The van der Waals surface area contributed by atoms with Crippen molar-refractivity contribution in [1.29, 1.82) is 0 Å². The molecule has 1 aromatic heterocycles. The molecule has 1 aromatic carbocycles. The topological polar surface area (TPSA) is 38.1 Å². The number of rotatable bonds is 4. The van der Waals surface area contributed by atoms with Gasteiger partial charge in [0.05, 0.1) is 10.7 Å². The van der Waals surface area contributed by atoms with Gasteiger partial charge in [-0.05, 0) is 6.07 Å². The average molecular weight is 241 g/mol. The highest BCUT2D eigenvalue weighted by Gasteiger charge is 2.05. The molecule has 5 heteroatoms. The van der Waals surface area contributed by atoms with Gasteiger partial charge in [0.2, 0.25) is 0 Å². The number of hydrogen-bond donors (Lipinski definition) is 1. The first-order chi connectivity index (χ1) is 7.77. The van der Waals surface area contributed by atoms with Gasteiger partial charge in [-0.15, -0.1) is 0 Å². The molecule has 1 N–H and O–H groups in total. The first kappa shape index (κ1) is 11.1. The lowest BCUT2D eigenvalue weighted by Crippen LogP contribution is -2.13. The van der Waals surface area contributed by atoms with Crippen LogP contribution in [0.25, 0.3) is 0 Å². The Morgan fingerprint density at radius 3 is 2.94 bits per heavy atom. The van der Waals surface area contributed by atoms with E-state index in [9.17, 15) is 4.39 Å². The van der Waals surface area contributed by atoms with Gasteiger partial charge in [0.1, 0.15) is 12.1 Å². The second-order valence-corrected chi connectivity index (χ2v) is 3.71. The molecule has 2 rings (SSSR count). The fourth-order valence-corrected chi connectivity index (χ4v) is 1.53. The van der Waals surface area contributed by atoms with Gasteiger partial charge in [0, 0.05) is 24.7 Å². The first-order valence-corrected chi connectivity index (χ1v) is 5.18. The summed E-state index contributed by atoms with van der Waals surface area (Å²) in [5.74, 6) is -0.378. The van der Waals surface area contributed by atoms with Crippen LogP contribution in [-0.2, 0) is 13.1 Å². The zero-order chi connectivity index (χ0) is 11.4. The van der Waals surface area contributed by atoms with Gasteiger partial charge in [-0.1, -0.05) is 28.9 Å². The van der Waals surface area contributed by atoms with Crippen LogP contribution in [0.5, 0.6) is 0 Å². The lowest BCUT2D eigenvalue weighted by atomic mass is 10.2. The summed E-state index contributed by atoms with van der Waals surface area (Å²) in [5, 5.41) is 6.92. The Kier molecular flexibility index (Phi) is 3.54. The van der Waals surface area contributed by atoms with E-state index in [1.165, 1.54) is 12.3 Å². The Labute approximate surface area is 97.2 Å². The Balaban J connectivity index is 1.92. The maximum atomic E-state index is 13.5. The van der Waals surface area contributed by atoms with E-state index in [2.05, 4.69) is 15.0 Å². The van der Waals surface area contributed by atoms with Crippen molar-refractivity contribution in [1.82, 2.24) is 10.5 Å². The van der Waals surface area contributed by atoms with Crippen molar-refractivity contribution < 1.29 is 8.91 Å². The molecule has 84 valence electrons. The highest BCUT2D eigenvalue weighted by atomic mass is 35.5. The van der Waals surface area contributed by atoms with Crippen LogP contribution in [-0.4, -0.2) is 5.16 Å². The summed E-state index contributed by atoms with van der Waals surface area (Å²) < 4.78 is 18.1. The molecule has 0 fully saturated rings. The minimum atomic E-state index is -0.378. The van der Waals surface area contributed by atoms with Gasteiger partial charge in [0.25, 0.3) is 0 Å². The molecule has 0 saturated carbocycles. The lowest BCUT2D eigenvalue weighted by Gasteiger charge is -2.05. The molecule has 0 aliphatic rings. The highest BCUT2D eigenvalue weighted by molar-refractivity contribution is 6.30. The van der Waals surface area contributed by atoms with Crippen LogP contribution in [0, 0.1) is 5.82 Å². The highest BCUT2D eigenvalue weighted by Crippen LogP contribution is 2.17. The van der Waals surface area contributed by atoms with E-state index in [1.807, 2.05) is 0 Å². The summed E-state index contributed by atoms with van der Waals surface area (Å²) in [4.78, 5) is 0. The SMILES string of the molecule is Fc1c(Cl)cccc1CNCc1ccon1. The van der Waals surface area contributed by atoms with Crippen molar-refractivity contribution in [3.05, 3.63) is 52.6 Å². The zero-order valence-electron chi connectivity index (χ0n) is 8.41. The van der Waals surface area contributed by atoms with E-state index < -0.39 is 0 Å². The van der Waals surface area contributed by atoms with Gasteiger partial charge in [-0.25, -0.2) is 4.39 Å². The number of benzene rings is 1. The van der Waals surface area contributed by atoms with Gasteiger partial charge in [-0.2, -0.15) is 0 Å². The summed E-state index contributed by atoms with van der Waals surface area (Å²) in [6.07, 6.45) is 1.50. The molecule has 0 aliphatic carbocycles. The van der Waals surface area contributed by atoms with Crippen LogP contribution in [0.2, 0.25) is 5.02 Å². The van der Waals surface area contributed by atoms with Crippen molar-refractivity contribution in [2.45, 2.75) is 13.1 Å². The van der Waals surface area contributed by atoms with E-state index in [0.29, 0.717) is 18.7 Å². The number of halogens is 2. The van der Waals surface area contributed by atoms with Gasteiger partial charge < -0.3 is 9.84 Å². The third-order valence-electron chi connectivity index (χ3n) is 2.14. The predicted octanol–water partition coefficient (Wildman–Crippen LogP) is 2.76. The molecule has 0 unspecified atom stereocenters. The minimum Gasteiger partial charge on any atom is -0.364 e. The number of hydrogen-bond acceptors (Lipinski definition) is 3. The van der Waals surface area contributed by atoms with Crippen molar-refractivity contribution >= 4 is 11.6 Å². The Morgan fingerprint density at radius 1 is 1.31 bits per heavy atom. The molecular formula is C11H10ClFN2O. The largest absolute Gasteiger partial charge is 0.364 e. The molecule has 1 heterocycles. The minimum absolute atomic E-state index is 0.140. The van der Waals surface area contributed by atoms with Gasteiger partial charge in [-0.3, -0.25) is 0 Å². The van der Waals surface area contributed by atoms with E-state index in [4.69, 9.17) is 11.6 Å². The quantitative estimate of drug-likeness (QED) is 0.893. The lowest BCUT2D eigenvalue weighted by molar-refractivity contribution is 0.408. The fourth-order valence-electron chi connectivity index (χ4n) is 1.34. The molecular weight excluding hydrogens is 231 g/mol. The van der Waals surface area contributed by atoms with Crippen LogP contribution in [0.15, 0.2) is 35.1 Å².